The molecule has 1 rings (SSSR count). The van der Waals surface area contributed by atoms with Crippen molar-refractivity contribution in [1.82, 2.24) is 10.3 Å². The fourth-order valence-electron chi connectivity index (χ4n) is 1.07. The summed E-state index contributed by atoms with van der Waals surface area (Å²) in [6, 6.07) is -2.10. The van der Waals surface area contributed by atoms with Gasteiger partial charge in [-0.05, 0) is 19.8 Å². The molecule has 17 heavy (non-hydrogen) atoms. The number of aromatic nitrogens is 1. The minimum absolute atomic E-state index is 0.193. The molecule has 0 radical (unpaired) electrons. The molecular formula is C10H9F3N2OS. The molecule has 1 N–H and O–H groups in total. The van der Waals surface area contributed by atoms with Crippen LogP contribution in [0, 0.1) is 18.8 Å². The van der Waals surface area contributed by atoms with Crippen molar-refractivity contribution in [2.75, 3.05) is 0 Å². The molecule has 0 aliphatic rings. The Hall–Kier alpha value is -1.55. The predicted octanol–water partition coefficient (Wildman–Crippen LogP) is 2.19. The molecule has 1 aromatic heterocycles. The third-order valence-corrected chi connectivity index (χ3v) is 2.75. The number of thiazole rings is 1. The lowest BCUT2D eigenvalue weighted by atomic mass is 10.3. The van der Waals surface area contributed by atoms with Gasteiger partial charge in [0, 0.05) is 11.1 Å². The summed E-state index contributed by atoms with van der Waals surface area (Å²) in [5, 5.41) is 3.10. The number of hydrogen-bond acceptors (Lipinski definition) is 3. The van der Waals surface area contributed by atoms with Gasteiger partial charge in [-0.3, -0.25) is 4.79 Å². The number of amides is 1. The van der Waals surface area contributed by atoms with Gasteiger partial charge < -0.3 is 5.32 Å². The van der Waals surface area contributed by atoms with E-state index in [1.165, 1.54) is 12.3 Å². The number of nitrogens with one attached hydrogen (secondary N) is 1. The number of aryl methyl sites for hydroxylation is 1. The second-order valence-electron chi connectivity index (χ2n) is 3.15. The van der Waals surface area contributed by atoms with Crippen LogP contribution in [0.2, 0.25) is 0 Å². The molecule has 0 bridgehead atoms. The topological polar surface area (TPSA) is 42.0 Å². The van der Waals surface area contributed by atoms with E-state index in [4.69, 9.17) is 0 Å². The molecule has 7 heteroatoms. The molecule has 0 fully saturated rings. The average molecular weight is 262 g/mol. The van der Waals surface area contributed by atoms with Crippen molar-refractivity contribution < 1.29 is 18.0 Å². The molecule has 0 aliphatic heterocycles. The summed E-state index contributed by atoms with van der Waals surface area (Å²) in [7, 11) is 0. The van der Waals surface area contributed by atoms with Gasteiger partial charge in [0.05, 0.1) is 0 Å². The smallest absolute Gasteiger partial charge is 0.328 e. The first-order chi connectivity index (χ1) is 7.84. The lowest BCUT2D eigenvalue weighted by Crippen LogP contribution is -2.37. The monoisotopic (exact) mass is 262 g/mol. The van der Waals surface area contributed by atoms with Gasteiger partial charge in [-0.1, -0.05) is 5.92 Å². The highest BCUT2D eigenvalue weighted by Crippen LogP contribution is 2.34. The number of carbonyl (C=O) groups excluding carboxylic acids is 1. The zero-order valence-electron chi connectivity index (χ0n) is 9.05. The normalized spacial score (nSPS) is 12.5. The fraction of sp³-hybridized carbons (Fsp3) is 0.400. The lowest BCUT2D eigenvalue weighted by molar-refractivity contribution is -0.161. The third-order valence-electron chi connectivity index (χ3n) is 1.73. The van der Waals surface area contributed by atoms with E-state index in [-0.39, 0.29) is 5.01 Å². The predicted molar refractivity (Wildman–Crippen MR) is 57.2 cm³/mol. The van der Waals surface area contributed by atoms with Crippen LogP contribution in [-0.2, 0) is 4.79 Å². The molecule has 0 saturated heterocycles. The Morgan fingerprint density at radius 2 is 2.24 bits per heavy atom. The summed E-state index contributed by atoms with van der Waals surface area (Å²) in [5.41, 5.74) is 0.482. The number of halogens is 3. The molecule has 3 nitrogen and oxygen atoms in total. The van der Waals surface area contributed by atoms with Crippen molar-refractivity contribution >= 4 is 17.2 Å². The first kappa shape index (κ1) is 13.5. The molecule has 1 heterocycles. The first-order valence-corrected chi connectivity index (χ1v) is 5.44. The molecule has 0 saturated carbocycles. The summed E-state index contributed by atoms with van der Waals surface area (Å²) >= 11 is 0.851. The van der Waals surface area contributed by atoms with Crippen molar-refractivity contribution in [1.29, 1.82) is 0 Å². The van der Waals surface area contributed by atoms with E-state index in [9.17, 15) is 18.0 Å². The van der Waals surface area contributed by atoms with Crippen LogP contribution in [-0.4, -0.2) is 17.1 Å². The largest absolute Gasteiger partial charge is 0.415 e. The van der Waals surface area contributed by atoms with Gasteiger partial charge in [0.25, 0.3) is 5.91 Å². The average Bonchev–Trinajstić information content (AvgIpc) is 2.59. The molecule has 0 aromatic carbocycles. The zero-order chi connectivity index (χ0) is 13.1. The number of nitrogens with zero attached hydrogens (tertiary/aromatic N) is 1. The Morgan fingerprint density at radius 1 is 1.59 bits per heavy atom. The highest BCUT2D eigenvalue weighted by Gasteiger charge is 2.43. The summed E-state index contributed by atoms with van der Waals surface area (Å²) < 4.78 is 38.2. The Kier molecular flexibility index (Phi) is 4.12. The number of alkyl halides is 3. The Morgan fingerprint density at radius 3 is 2.65 bits per heavy atom. The van der Waals surface area contributed by atoms with Crippen molar-refractivity contribution in [2.24, 2.45) is 0 Å². The standard InChI is InChI=1S/C10H9F3N2OS/c1-3-4-7(16)15-8(10(11,12)13)9-14-6(2)5-17-9/h5,8H,1-2H3,(H,15,16). The maximum atomic E-state index is 12.7. The molecule has 92 valence electrons. The van der Waals surface area contributed by atoms with Gasteiger partial charge in [0.15, 0.2) is 6.04 Å². The molecule has 0 aliphatic carbocycles. The van der Waals surface area contributed by atoms with E-state index in [1.54, 1.807) is 12.2 Å². The first-order valence-electron chi connectivity index (χ1n) is 4.56. The minimum atomic E-state index is -4.59. The van der Waals surface area contributed by atoms with E-state index in [0.29, 0.717) is 5.69 Å². The second kappa shape index (κ2) is 5.19. The summed E-state index contributed by atoms with van der Waals surface area (Å²) in [4.78, 5) is 14.8. The zero-order valence-corrected chi connectivity index (χ0v) is 9.87. The highest BCUT2D eigenvalue weighted by molar-refractivity contribution is 7.09. The van der Waals surface area contributed by atoms with E-state index in [2.05, 4.69) is 10.9 Å². The number of hydrogen-bond donors (Lipinski definition) is 1. The highest BCUT2D eigenvalue weighted by atomic mass is 32.1. The van der Waals surface area contributed by atoms with Gasteiger partial charge in [0.2, 0.25) is 0 Å². The van der Waals surface area contributed by atoms with Crippen LogP contribution in [0.1, 0.15) is 23.7 Å². The molecule has 1 amide bonds. The SMILES string of the molecule is CC#CC(=O)NC(c1nc(C)cs1)C(F)(F)F. The minimum Gasteiger partial charge on any atom is -0.328 e. The van der Waals surface area contributed by atoms with Gasteiger partial charge >= 0.3 is 6.18 Å². The fourth-order valence-corrected chi connectivity index (χ4v) is 1.94. The van der Waals surface area contributed by atoms with E-state index in [1.807, 2.05) is 5.92 Å². The van der Waals surface area contributed by atoms with Crippen molar-refractivity contribution in [3.05, 3.63) is 16.1 Å². The Balaban J connectivity index is 2.96. The van der Waals surface area contributed by atoms with E-state index >= 15 is 0 Å². The Bertz CT molecular complexity index is 470. The van der Waals surface area contributed by atoms with Crippen LogP contribution in [0.4, 0.5) is 13.2 Å². The molecule has 1 unspecified atom stereocenters. The summed E-state index contributed by atoms with van der Waals surface area (Å²) in [6.45, 7) is 2.96. The number of carbonyl (C=O) groups is 1. The lowest BCUT2D eigenvalue weighted by Gasteiger charge is -2.18. The molecule has 1 aromatic rings. The molecule has 0 spiro atoms. The van der Waals surface area contributed by atoms with E-state index < -0.39 is 18.1 Å². The van der Waals surface area contributed by atoms with Crippen LogP contribution in [0.15, 0.2) is 5.38 Å². The van der Waals surface area contributed by atoms with Crippen LogP contribution >= 0.6 is 11.3 Å². The van der Waals surface area contributed by atoms with Crippen molar-refractivity contribution in [3.63, 3.8) is 0 Å². The quantitative estimate of drug-likeness (QED) is 0.830. The van der Waals surface area contributed by atoms with E-state index in [0.717, 1.165) is 11.3 Å². The third kappa shape index (κ3) is 3.75. The van der Waals surface area contributed by atoms with Crippen LogP contribution in [0.25, 0.3) is 0 Å². The van der Waals surface area contributed by atoms with Crippen molar-refractivity contribution in [2.45, 2.75) is 26.1 Å². The van der Waals surface area contributed by atoms with Crippen molar-refractivity contribution in [3.8, 4) is 11.8 Å². The molecule has 1 atom stereocenters. The Labute approximate surface area is 100 Å². The number of rotatable bonds is 2. The summed E-state index contributed by atoms with van der Waals surface area (Å²) in [6.07, 6.45) is -4.59. The summed E-state index contributed by atoms with van der Waals surface area (Å²) in [5.74, 6) is 3.27. The van der Waals surface area contributed by atoms with Crippen LogP contribution < -0.4 is 5.32 Å². The second-order valence-corrected chi connectivity index (χ2v) is 4.04. The van der Waals surface area contributed by atoms with Gasteiger partial charge in [-0.25, -0.2) is 4.98 Å². The molecular weight excluding hydrogens is 253 g/mol. The van der Waals surface area contributed by atoms with Crippen LogP contribution in [0.3, 0.4) is 0 Å². The van der Waals surface area contributed by atoms with Gasteiger partial charge in [0.1, 0.15) is 5.01 Å². The van der Waals surface area contributed by atoms with Gasteiger partial charge in [-0.15, -0.1) is 11.3 Å². The van der Waals surface area contributed by atoms with Crippen LogP contribution in [0.5, 0.6) is 0 Å². The van der Waals surface area contributed by atoms with Gasteiger partial charge in [-0.2, -0.15) is 13.2 Å². The maximum Gasteiger partial charge on any atom is 0.415 e. The maximum absolute atomic E-state index is 12.7.